The molecule has 0 saturated heterocycles. The van der Waals surface area contributed by atoms with Gasteiger partial charge in [-0.25, -0.2) is 0 Å². The van der Waals surface area contributed by atoms with Gasteiger partial charge in [-0.05, 0) is 57.7 Å². The SMILES string of the molecule is CN(C)C1C[C@@H]2CC(N(C)C(=O)c3[nH]c4ccccc4c3Cl)C[C@@H]2C1. The van der Waals surface area contributed by atoms with Crippen molar-refractivity contribution < 1.29 is 4.79 Å². The summed E-state index contributed by atoms with van der Waals surface area (Å²) in [5.41, 5.74) is 1.44. The predicted octanol–water partition coefficient (Wildman–Crippen LogP) is 4.01. The van der Waals surface area contributed by atoms with E-state index in [1.54, 1.807) is 0 Å². The molecule has 4 nitrogen and oxygen atoms in total. The summed E-state index contributed by atoms with van der Waals surface area (Å²) in [5, 5.41) is 1.45. The number of carbonyl (C=O) groups excluding carboxylic acids is 1. The Kier molecular flexibility index (Phi) is 4.28. The molecule has 4 atom stereocenters. The lowest BCUT2D eigenvalue weighted by Gasteiger charge is -2.27. The van der Waals surface area contributed by atoms with Crippen molar-refractivity contribution in [2.75, 3.05) is 21.1 Å². The van der Waals surface area contributed by atoms with E-state index < -0.39 is 0 Å². The third-order valence-corrected chi connectivity index (χ3v) is 6.81. The van der Waals surface area contributed by atoms with Crippen molar-refractivity contribution in [2.45, 2.75) is 37.8 Å². The number of para-hydroxylation sites is 1. The maximum atomic E-state index is 13.0. The van der Waals surface area contributed by atoms with Crippen LogP contribution in [0, 0.1) is 11.8 Å². The van der Waals surface area contributed by atoms with Crippen LogP contribution in [0.2, 0.25) is 5.02 Å². The molecular formula is C20H26ClN3O. The van der Waals surface area contributed by atoms with Gasteiger partial charge in [0.2, 0.25) is 0 Å². The second-order valence-electron chi connectivity index (χ2n) is 8.01. The number of aromatic amines is 1. The minimum absolute atomic E-state index is 0.00957. The van der Waals surface area contributed by atoms with Crippen molar-refractivity contribution >= 4 is 28.4 Å². The molecule has 2 aromatic rings. The molecule has 4 rings (SSSR count). The molecule has 0 bridgehead atoms. The Morgan fingerprint density at radius 1 is 1.04 bits per heavy atom. The van der Waals surface area contributed by atoms with Crippen LogP contribution in [-0.2, 0) is 0 Å². The molecule has 0 aliphatic heterocycles. The standard InChI is InChI=1S/C20H26ClN3O/c1-23(2)14-8-12-10-15(11-13(12)9-14)24(3)20(25)19-18(21)16-6-4-5-7-17(16)22-19/h4-7,12-15,22H,8-11H2,1-3H3/t12-,13+,14?,15?. The van der Waals surface area contributed by atoms with E-state index in [0.29, 0.717) is 22.8 Å². The monoisotopic (exact) mass is 359 g/mol. The Labute approximate surface area is 154 Å². The molecule has 1 N–H and O–H groups in total. The number of H-pyrrole nitrogens is 1. The molecule has 0 radical (unpaired) electrons. The molecule has 2 saturated carbocycles. The summed E-state index contributed by atoms with van der Waals surface area (Å²) in [6, 6.07) is 8.84. The van der Waals surface area contributed by atoms with Gasteiger partial charge in [0.25, 0.3) is 5.91 Å². The minimum atomic E-state index is 0.00957. The van der Waals surface area contributed by atoms with Crippen molar-refractivity contribution in [1.29, 1.82) is 0 Å². The maximum absolute atomic E-state index is 13.0. The number of aromatic nitrogens is 1. The van der Waals surface area contributed by atoms with Crippen LogP contribution in [0.3, 0.4) is 0 Å². The zero-order valence-corrected chi connectivity index (χ0v) is 15.9. The van der Waals surface area contributed by atoms with Gasteiger partial charge in [-0.3, -0.25) is 4.79 Å². The van der Waals surface area contributed by atoms with Gasteiger partial charge >= 0.3 is 0 Å². The number of carbonyl (C=O) groups is 1. The average Bonchev–Trinajstić information content (AvgIpc) is 3.25. The van der Waals surface area contributed by atoms with Gasteiger partial charge in [0.05, 0.1) is 5.02 Å². The summed E-state index contributed by atoms with van der Waals surface area (Å²) in [6.45, 7) is 0. The number of hydrogen-bond acceptors (Lipinski definition) is 2. The number of rotatable bonds is 3. The minimum Gasteiger partial charge on any atom is -0.349 e. The Hall–Kier alpha value is -1.52. The molecule has 5 heteroatoms. The van der Waals surface area contributed by atoms with Crippen LogP contribution in [-0.4, -0.2) is 53.9 Å². The van der Waals surface area contributed by atoms with E-state index in [1.807, 2.05) is 36.2 Å². The predicted molar refractivity (Wildman–Crippen MR) is 102 cm³/mol. The van der Waals surface area contributed by atoms with Crippen LogP contribution in [0.5, 0.6) is 0 Å². The molecule has 1 amide bonds. The first kappa shape index (κ1) is 16.9. The van der Waals surface area contributed by atoms with Crippen molar-refractivity contribution in [1.82, 2.24) is 14.8 Å². The molecule has 0 spiro atoms. The molecule has 2 fully saturated rings. The van der Waals surface area contributed by atoms with Crippen LogP contribution in [0.15, 0.2) is 24.3 Å². The van der Waals surface area contributed by atoms with E-state index in [9.17, 15) is 4.79 Å². The number of fused-ring (bicyclic) bond motifs is 2. The quantitative estimate of drug-likeness (QED) is 0.899. The number of nitrogens with one attached hydrogen (secondary N) is 1. The first-order chi connectivity index (χ1) is 12.0. The number of halogens is 1. The van der Waals surface area contributed by atoms with E-state index in [1.165, 1.54) is 12.8 Å². The number of benzene rings is 1. The van der Waals surface area contributed by atoms with Crippen molar-refractivity contribution in [2.24, 2.45) is 11.8 Å². The Bertz CT molecular complexity index is 785. The molecule has 134 valence electrons. The maximum Gasteiger partial charge on any atom is 0.271 e. The number of amides is 1. The van der Waals surface area contributed by atoms with Crippen LogP contribution in [0.4, 0.5) is 0 Å². The molecule has 2 aliphatic carbocycles. The molecular weight excluding hydrogens is 334 g/mol. The highest BCUT2D eigenvalue weighted by molar-refractivity contribution is 6.38. The smallest absolute Gasteiger partial charge is 0.271 e. The summed E-state index contributed by atoms with van der Waals surface area (Å²) in [5.74, 6) is 1.52. The molecule has 2 aliphatic rings. The topological polar surface area (TPSA) is 39.3 Å². The fraction of sp³-hybridized carbons (Fsp3) is 0.550. The highest BCUT2D eigenvalue weighted by atomic mass is 35.5. The Morgan fingerprint density at radius 3 is 2.24 bits per heavy atom. The van der Waals surface area contributed by atoms with Gasteiger partial charge in [0, 0.05) is 30.0 Å². The second-order valence-corrected chi connectivity index (χ2v) is 8.39. The third kappa shape index (κ3) is 2.85. The lowest BCUT2D eigenvalue weighted by Crippen LogP contribution is -2.36. The van der Waals surface area contributed by atoms with Crippen molar-refractivity contribution in [3.8, 4) is 0 Å². The number of hydrogen-bond donors (Lipinski definition) is 1. The van der Waals surface area contributed by atoms with Crippen molar-refractivity contribution in [3.63, 3.8) is 0 Å². The van der Waals surface area contributed by atoms with E-state index >= 15 is 0 Å². The summed E-state index contributed by atoms with van der Waals surface area (Å²) < 4.78 is 0. The lowest BCUT2D eigenvalue weighted by molar-refractivity contribution is 0.0721. The zero-order valence-electron chi connectivity index (χ0n) is 15.1. The molecule has 25 heavy (non-hydrogen) atoms. The highest BCUT2D eigenvalue weighted by Crippen LogP contribution is 2.46. The first-order valence-corrected chi connectivity index (χ1v) is 9.53. The summed E-state index contributed by atoms with van der Waals surface area (Å²) in [7, 11) is 6.28. The largest absolute Gasteiger partial charge is 0.349 e. The van der Waals surface area contributed by atoms with E-state index in [4.69, 9.17) is 11.6 Å². The van der Waals surface area contributed by atoms with Gasteiger partial charge in [-0.1, -0.05) is 29.8 Å². The first-order valence-electron chi connectivity index (χ1n) is 9.15. The van der Waals surface area contributed by atoms with Gasteiger partial charge < -0.3 is 14.8 Å². The number of nitrogens with zero attached hydrogens (tertiary/aromatic N) is 2. The fourth-order valence-corrected chi connectivity index (χ4v) is 5.18. The summed E-state index contributed by atoms with van der Waals surface area (Å²) in [4.78, 5) is 20.5. The molecule has 2 unspecified atom stereocenters. The van der Waals surface area contributed by atoms with Gasteiger partial charge in [0.1, 0.15) is 5.69 Å². The van der Waals surface area contributed by atoms with Crippen LogP contribution < -0.4 is 0 Å². The normalized spacial score (nSPS) is 28.7. The van der Waals surface area contributed by atoms with E-state index in [-0.39, 0.29) is 5.91 Å². The molecule has 1 heterocycles. The summed E-state index contributed by atoms with van der Waals surface area (Å²) in [6.07, 6.45) is 4.77. The van der Waals surface area contributed by atoms with Gasteiger partial charge in [-0.2, -0.15) is 0 Å². The Morgan fingerprint density at radius 2 is 1.64 bits per heavy atom. The molecule has 1 aromatic heterocycles. The highest BCUT2D eigenvalue weighted by Gasteiger charge is 2.44. The Balaban J connectivity index is 1.49. The molecule has 1 aromatic carbocycles. The average molecular weight is 360 g/mol. The third-order valence-electron chi connectivity index (χ3n) is 6.42. The van der Waals surface area contributed by atoms with Gasteiger partial charge in [-0.15, -0.1) is 0 Å². The van der Waals surface area contributed by atoms with Crippen LogP contribution >= 0.6 is 11.6 Å². The van der Waals surface area contributed by atoms with E-state index in [0.717, 1.165) is 35.6 Å². The lowest BCUT2D eigenvalue weighted by atomic mass is 10.0. The zero-order chi connectivity index (χ0) is 17.7. The van der Waals surface area contributed by atoms with Crippen LogP contribution in [0.1, 0.15) is 36.2 Å². The summed E-state index contributed by atoms with van der Waals surface area (Å²) >= 11 is 6.47. The van der Waals surface area contributed by atoms with Crippen LogP contribution in [0.25, 0.3) is 10.9 Å². The van der Waals surface area contributed by atoms with Gasteiger partial charge in [0.15, 0.2) is 0 Å². The van der Waals surface area contributed by atoms with E-state index in [2.05, 4.69) is 24.0 Å². The fourth-order valence-electron chi connectivity index (χ4n) is 4.89. The van der Waals surface area contributed by atoms with Crippen molar-refractivity contribution in [3.05, 3.63) is 35.0 Å². The second kappa shape index (κ2) is 6.33.